The first kappa shape index (κ1) is 16.7. The first-order valence-corrected chi connectivity index (χ1v) is 9.23. The van der Waals surface area contributed by atoms with Crippen molar-refractivity contribution in [1.29, 1.82) is 0 Å². The second kappa shape index (κ2) is 7.67. The van der Waals surface area contributed by atoms with Crippen molar-refractivity contribution in [1.82, 2.24) is 20.5 Å². The minimum atomic E-state index is 0.616. The Hall–Kier alpha value is -2.72. The van der Waals surface area contributed by atoms with Crippen LogP contribution in [0, 0.1) is 0 Å². The molecule has 26 heavy (non-hydrogen) atoms. The van der Waals surface area contributed by atoms with Gasteiger partial charge in [-0.3, -0.25) is 5.10 Å². The highest BCUT2D eigenvalue weighted by Crippen LogP contribution is 2.25. The van der Waals surface area contributed by atoms with Gasteiger partial charge < -0.3 is 5.32 Å². The molecule has 0 aliphatic heterocycles. The van der Waals surface area contributed by atoms with Crippen LogP contribution in [0.15, 0.2) is 67.0 Å². The van der Waals surface area contributed by atoms with E-state index in [4.69, 9.17) is 0 Å². The molecule has 2 N–H and O–H groups in total. The minimum absolute atomic E-state index is 0.616. The average molecular weight is 344 g/mol. The highest BCUT2D eigenvalue weighted by molar-refractivity contribution is 5.68. The van der Waals surface area contributed by atoms with Crippen molar-refractivity contribution in [3.8, 4) is 22.5 Å². The van der Waals surface area contributed by atoms with E-state index in [1.165, 1.54) is 35.1 Å². The second-order valence-electron chi connectivity index (χ2n) is 7.01. The van der Waals surface area contributed by atoms with Crippen molar-refractivity contribution in [2.45, 2.75) is 38.3 Å². The molecule has 4 heteroatoms. The van der Waals surface area contributed by atoms with E-state index in [0.29, 0.717) is 6.04 Å². The first-order chi connectivity index (χ1) is 12.8. The molecule has 4 nitrogen and oxygen atoms in total. The van der Waals surface area contributed by atoms with Crippen molar-refractivity contribution in [2.75, 3.05) is 0 Å². The van der Waals surface area contributed by atoms with Crippen LogP contribution in [0.25, 0.3) is 22.5 Å². The fourth-order valence-electron chi connectivity index (χ4n) is 3.51. The number of hydrogen-bond acceptors (Lipinski definition) is 3. The maximum Gasteiger partial charge on any atom is 0.180 e. The number of nitrogens with one attached hydrogen (secondary N) is 2. The lowest BCUT2D eigenvalue weighted by Gasteiger charge is -2.24. The van der Waals surface area contributed by atoms with Gasteiger partial charge in [-0.1, -0.05) is 54.6 Å². The van der Waals surface area contributed by atoms with E-state index in [1.807, 2.05) is 0 Å². The van der Waals surface area contributed by atoms with E-state index in [9.17, 15) is 0 Å². The molecule has 0 atom stereocenters. The van der Waals surface area contributed by atoms with Gasteiger partial charge in [-0.15, -0.1) is 0 Å². The Morgan fingerprint density at radius 2 is 1.77 bits per heavy atom. The summed E-state index contributed by atoms with van der Waals surface area (Å²) in [6.45, 7) is 5.01. The van der Waals surface area contributed by atoms with Crippen LogP contribution in [0.5, 0.6) is 0 Å². The predicted molar refractivity (Wildman–Crippen MR) is 105 cm³/mol. The first-order valence-electron chi connectivity index (χ1n) is 9.23. The van der Waals surface area contributed by atoms with Gasteiger partial charge in [-0.25, -0.2) is 4.98 Å². The molecular weight excluding hydrogens is 320 g/mol. The summed E-state index contributed by atoms with van der Waals surface area (Å²) in [5.74, 6) is 0.727. The third-order valence-corrected chi connectivity index (χ3v) is 5.11. The number of nitrogens with zero attached hydrogens (tertiary/aromatic N) is 2. The van der Waals surface area contributed by atoms with Gasteiger partial charge in [0, 0.05) is 18.2 Å². The highest BCUT2D eigenvalue weighted by Gasteiger charge is 2.14. The van der Waals surface area contributed by atoms with Crippen molar-refractivity contribution in [3.63, 3.8) is 0 Å². The Morgan fingerprint density at radius 1 is 1.00 bits per heavy atom. The molecule has 3 aromatic rings. The lowest BCUT2D eigenvalue weighted by atomic mass is 9.92. The van der Waals surface area contributed by atoms with Crippen molar-refractivity contribution < 1.29 is 0 Å². The fraction of sp³-hybridized carbons (Fsp3) is 0.273. The summed E-state index contributed by atoms with van der Waals surface area (Å²) in [6, 6.07) is 17.8. The third-order valence-electron chi connectivity index (χ3n) is 5.11. The number of aromatic nitrogens is 3. The topological polar surface area (TPSA) is 53.6 Å². The zero-order valence-corrected chi connectivity index (χ0v) is 14.9. The Balaban J connectivity index is 1.43. The van der Waals surface area contributed by atoms with Gasteiger partial charge in [-0.05, 0) is 48.4 Å². The molecule has 0 amide bonds. The Morgan fingerprint density at radius 3 is 2.50 bits per heavy atom. The summed E-state index contributed by atoms with van der Waals surface area (Å²) in [7, 11) is 0. The van der Waals surface area contributed by atoms with Crippen molar-refractivity contribution >= 4 is 0 Å². The molecular formula is C22H24N4. The standard InChI is InChI=1S/C22H24N4/c1-16-5-11-21(12-6-16)23-14-17-3-2-4-20(13-17)18-7-9-19(10-8-18)22-24-15-25-26-22/h2-4,7-10,13,15,21,23H,1,5-6,11-12,14H2,(H,24,25,26). The predicted octanol–water partition coefficient (Wildman–Crippen LogP) is 4.73. The molecule has 0 unspecified atom stereocenters. The zero-order chi connectivity index (χ0) is 17.8. The SMILES string of the molecule is C=C1CCC(NCc2cccc(-c3ccc(-c4nc[nH]n4)cc3)c2)CC1. The molecule has 0 spiro atoms. The number of benzene rings is 2. The van der Waals surface area contributed by atoms with Crippen LogP contribution in [-0.4, -0.2) is 21.2 Å². The van der Waals surface area contributed by atoms with Gasteiger partial charge in [0.15, 0.2) is 5.82 Å². The Labute approximate surface area is 154 Å². The van der Waals surface area contributed by atoms with Gasteiger partial charge in [-0.2, -0.15) is 5.10 Å². The van der Waals surface area contributed by atoms with Crippen LogP contribution in [0.1, 0.15) is 31.2 Å². The molecule has 0 saturated heterocycles. The number of allylic oxidation sites excluding steroid dienone is 1. The maximum absolute atomic E-state index is 4.20. The molecule has 2 aromatic carbocycles. The second-order valence-corrected chi connectivity index (χ2v) is 7.01. The van der Waals surface area contributed by atoms with Gasteiger partial charge in [0.25, 0.3) is 0 Å². The van der Waals surface area contributed by atoms with Crippen LogP contribution in [0.3, 0.4) is 0 Å². The monoisotopic (exact) mass is 344 g/mol. The lowest BCUT2D eigenvalue weighted by molar-refractivity contribution is 0.418. The maximum atomic E-state index is 4.20. The smallest absolute Gasteiger partial charge is 0.180 e. The van der Waals surface area contributed by atoms with E-state index in [1.54, 1.807) is 6.33 Å². The lowest BCUT2D eigenvalue weighted by Crippen LogP contribution is -2.30. The summed E-state index contributed by atoms with van der Waals surface area (Å²) in [5.41, 5.74) is 6.19. The van der Waals surface area contributed by atoms with E-state index in [0.717, 1.165) is 30.8 Å². The molecule has 132 valence electrons. The van der Waals surface area contributed by atoms with Crippen LogP contribution < -0.4 is 5.32 Å². The summed E-state index contributed by atoms with van der Waals surface area (Å²) in [4.78, 5) is 4.20. The van der Waals surface area contributed by atoms with Crippen molar-refractivity contribution in [2.24, 2.45) is 0 Å². The summed E-state index contributed by atoms with van der Waals surface area (Å²) < 4.78 is 0. The fourth-order valence-corrected chi connectivity index (χ4v) is 3.51. The minimum Gasteiger partial charge on any atom is -0.310 e. The molecule has 1 fully saturated rings. The molecule has 0 radical (unpaired) electrons. The molecule has 1 aromatic heterocycles. The molecule has 1 heterocycles. The summed E-state index contributed by atoms with van der Waals surface area (Å²) in [5, 5.41) is 10.6. The van der Waals surface area contributed by atoms with Crippen LogP contribution >= 0.6 is 0 Å². The zero-order valence-electron chi connectivity index (χ0n) is 14.9. The van der Waals surface area contributed by atoms with Gasteiger partial charge in [0.1, 0.15) is 6.33 Å². The molecule has 0 bridgehead atoms. The number of H-pyrrole nitrogens is 1. The summed E-state index contributed by atoms with van der Waals surface area (Å²) >= 11 is 0. The molecule has 1 saturated carbocycles. The Bertz CT molecular complexity index is 855. The Kier molecular flexibility index (Phi) is 4.93. The van der Waals surface area contributed by atoms with Gasteiger partial charge in [0.2, 0.25) is 0 Å². The average Bonchev–Trinajstić information content (AvgIpc) is 3.23. The van der Waals surface area contributed by atoms with E-state index < -0.39 is 0 Å². The molecule has 1 aliphatic carbocycles. The summed E-state index contributed by atoms with van der Waals surface area (Å²) in [6.07, 6.45) is 6.34. The van der Waals surface area contributed by atoms with Crippen LogP contribution in [0.2, 0.25) is 0 Å². The van der Waals surface area contributed by atoms with E-state index in [-0.39, 0.29) is 0 Å². The van der Waals surface area contributed by atoms with E-state index in [2.05, 4.69) is 75.6 Å². The van der Waals surface area contributed by atoms with Crippen LogP contribution in [-0.2, 0) is 6.54 Å². The third kappa shape index (κ3) is 3.92. The van der Waals surface area contributed by atoms with Crippen LogP contribution in [0.4, 0.5) is 0 Å². The van der Waals surface area contributed by atoms with Crippen molar-refractivity contribution in [3.05, 3.63) is 72.6 Å². The normalized spacial score (nSPS) is 15.3. The number of hydrogen-bond donors (Lipinski definition) is 2. The molecule has 4 rings (SSSR count). The van der Waals surface area contributed by atoms with E-state index >= 15 is 0 Å². The quantitative estimate of drug-likeness (QED) is 0.658. The van der Waals surface area contributed by atoms with Gasteiger partial charge in [0.05, 0.1) is 0 Å². The molecule has 1 aliphatic rings. The van der Waals surface area contributed by atoms with Gasteiger partial charge >= 0.3 is 0 Å². The number of rotatable bonds is 5. The largest absolute Gasteiger partial charge is 0.310 e. The highest BCUT2D eigenvalue weighted by atomic mass is 15.2. The number of aromatic amines is 1.